The molecule has 1 aliphatic heterocycles. The maximum atomic E-state index is 5.13. The van der Waals surface area contributed by atoms with E-state index in [-0.39, 0.29) is 6.04 Å². The standard InChI is InChI=1S/C17H30N4O/c1-13(16-18-14(2)22-19-16)21-11-9-17(10-12-21)7-5-15(6-8-17)20(3)4/h13,15H,5-12H2,1-4H3. The highest BCUT2D eigenvalue weighted by Gasteiger charge is 2.39. The van der Waals surface area contributed by atoms with Crippen LogP contribution in [0.4, 0.5) is 0 Å². The molecule has 0 amide bonds. The Morgan fingerprint density at radius 3 is 2.32 bits per heavy atom. The van der Waals surface area contributed by atoms with E-state index in [4.69, 9.17) is 4.52 Å². The summed E-state index contributed by atoms with van der Waals surface area (Å²) in [5, 5.41) is 4.09. The van der Waals surface area contributed by atoms with Gasteiger partial charge in [0.25, 0.3) is 0 Å². The minimum Gasteiger partial charge on any atom is -0.340 e. The highest BCUT2D eigenvalue weighted by Crippen LogP contribution is 2.46. The van der Waals surface area contributed by atoms with Crippen LogP contribution < -0.4 is 0 Å². The molecule has 2 aliphatic rings. The topological polar surface area (TPSA) is 45.4 Å². The summed E-state index contributed by atoms with van der Waals surface area (Å²) < 4.78 is 5.13. The molecular formula is C17H30N4O. The molecule has 3 rings (SSSR count). The largest absolute Gasteiger partial charge is 0.340 e. The van der Waals surface area contributed by atoms with Gasteiger partial charge in [-0.05, 0) is 78.0 Å². The SMILES string of the molecule is Cc1nc(C(C)N2CCC3(CCC(N(C)C)CC3)CC2)no1. The molecule has 0 N–H and O–H groups in total. The van der Waals surface area contributed by atoms with Gasteiger partial charge in [-0.3, -0.25) is 4.90 Å². The minimum atomic E-state index is 0.271. The zero-order chi connectivity index (χ0) is 15.7. The van der Waals surface area contributed by atoms with Crippen LogP contribution in [0.3, 0.4) is 0 Å². The first-order chi connectivity index (χ1) is 10.5. The van der Waals surface area contributed by atoms with Crippen molar-refractivity contribution in [1.82, 2.24) is 19.9 Å². The van der Waals surface area contributed by atoms with Crippen molar-refractivity contribution in [2.45, 2.75) is 64.5 Å². The summed E-state index contributed by atoms with van der Waals surface area (Å²) in [5.74, 6) is 1.50. The van der Waals surface area contributed by atoms with E-state index < -0.39 is 0 Å². The highest BCUT2D eigenvalue weighted by molar-refractivity contribution is 4.97. The van der Waals surface area contributed by atoms with E-state index in [9.17, 15) is 0 Å². The Hall–Kier alpha value is -0.940. The fraction of sp³-hybridized carbons (Fsp3) is 0.882. The van der Waals surface area contributed by atoms with Gasteiger partial charge in [-0.2, -0.15) is 4.98 Å². The van der Waals surface area contributed by atoms with Gasteiger partial charge in [0.05, 0.1) is 6.04 Å². The molecule has 0 radical (unpaired) electrons. The quantitative estimate of drug-likeness (QED) is 0.859. The molecule has 1 saturated carbocycles. The second-order valence-corrected chi connectivity index (χ2v) is 7.58. The number of likely N-dealkylation sites (tertiary alicyclic amines) is 1. The van der Waals surface area contributed by atoms with Crippen LogP contribution in [-0.2, 0) is 0 Å². The average Bonchev–Trinajstić information content (AvgIpc) is 2.94. The van der Waals surface area contributed by atoms with Gasteiger partial charge in [-0.15, -0.1) is 0 Å². The Morgan fingerprint density at radius 1 is 1.18 bits per heavy atom. The maximum absolute atomic E-state index is 5.13. The predicted octanol–water partition coefficient (Wildman–Crippen LogP) is 3.03. The Labute approximate surface area is 134 Å². The molecule has 5 nitrogen and oxygen atoms in total. The molecule has 22 heavy (non-hydrogen) atoms. The van der Waals surface area contributed by atoms with Crippen molar-refractivity contribution in [1.29, 1.82) is 0 Å². The monoisotopic (exact) mass is 306 g/mol. The fourth-order valence-electron chi connectivity index (χ4n) is 4.26. The van der Waals surface area contributed by atoms with Crippen molar-refractivity contribution < 1.29 is 4.52 Å². The Balaban J connectivity index is 1.54. The second kappa shape index (κ2) is 6.28. The predicted molar refractivity (Wildman–Crippen MR) is 86.6 cm³/mol. The van der Waals surface area contributed by atoms with Gasteiger partial charge < -0.3 is 9.42 Å². The van der Waals surface area contributed by atoms with Crippen LogP contribution in [0.25, 0.3) is 0 Å². The van der Waals surface area contributed by atoms with Crippen LogP contribution in [-0.4, -0.2) is 53.2 Å². The van der Waals surface area contributed by atoms with E-state index >= 15 is 0 Å². The van der Waals surface area contributed by atoms with Gasteiger partial charge >= 0.3 is 0 Å². The summed E-state index contributed by atoms with van der Waals surface area (Å²) in [6.45, 7) is 6.39. The van der Waals surface area contributed by atoms with Gasteiger partial charge in [0.2, 0.25) is 5.89 Å². The van der Waals surface area contributed by atoms with Gasteiger partial charge in [0.1, 0.15) is 0 Å². The Morgan fingerprint density at radius 2 is 1.82 bits per heavy atom. The maximum Gasteiger partial charge on any atom is 0.223 e. The summed E-state index contributed by atoms with van der Waals surface area (Å²) in [4.78, 5) is 9.32. The van der Waals surface area contributed by atoms with Crippen LogP contribution >= 0.6 is 0 Å². The lowest BCUT2D eigenvalue weighted by Crippen LogP contribution is -2.45. The number of aryl methyl sites for hydroxylation is 1. The molecule has 1 atom stereocenters. The van der Waals surface area contributed by atoms with E-state index in [1.807, 2.05) is 6.92 Å². The van der Waals surface area contributed by atoms with Crippen LogP contribution in [0.2, 0.25) is 0 Å². The van der Waals surface area contributed by atoms with Gasteiger partial charge in [-0.25, -0.2) is 0 Å². The third kappa shape index (κ3) is 3.20. The summed E-state index contributed by atoms with van der Waals surface area (Å²) in [7, 11) is 4.44. The molecule has 0 bridgehead atoms. The van der Waals surface area contributed by atoms with E-state index in [0.29, 0.717) is 11.3 Å². The molecule has 1 unspecified atom stereocenters. The fourth-order valence-corrected chi connectivity index (χ4v) is 4.26. The van der Waals surface area contributed by atoms with E-state index in [0.717, 1.165) is 11.9 Å². The lowest BCUT2D eigenvalue weighted by atomic mass is 9.66. The van der Waals surface area contributed by atoms with Crippen molar-refractivity contribution >= 4 is 0 Å². The lowest BCUT2D eigenvalue weighted by molar-refractivity contribution is 0.0276. The van der Waals surface area contributed by atoms with Crippen molar-refractivity contribution in [2.24, 2.45) is 5.41 Å². The van der Waals surface area contributed by atoms with Crippen molar-refractivity contribution in [2.75, 3.05) is 27.2 Å². The van der Waals surface area contributed by atoms with E-state index in [2.05, 4.69) is 41.0 Å². The molecule has 124 valence electrons. The zero-order valence-electron chi connectivity index (χ0n) is 14.5. The zero-order valence-corrected chi connectivity index (χ0v) is 14.5. The molecule has 2 heterocycles. The smallest absolute Gasteiger partial charge is 0.223 e. The molecule has 1 aromatic heterocycles. The number of hydrogen-bond donors (Lipinski definition) is 0. The molecule has 5 heteroatoms. The van der Waals surface area contributed by atoms with Crippen molar-refractivity contribution in [3.05, 3.63) is 11.7 Å². The molecule has 1 spiro atoms. The Bertz CT molecular complexity index is 481. The van der Waals surface area contributed by atoms with Crippen molar-refractivity contribution in [3.8, 4) is 0 Å². The first-order valence-electron chi connectivity index (χ1n) is 8.70. The van der Waals surface area contributed by atoms with Crippen LogP contribution in [0.1, 0.15) is 63.2 Å². The lowest BCUT2D eigenvalue weighted by Gasteiger charge is -2.47. The summed E-state index contributed by atoms with van der Waals surface area (Å²) in [6, 6.07) is 1.07. The molecule has 0 aromatic carbocycles. The molecule has 1 aliphatic carbocycles. The van der Waals surface area contributed by atoms with Gasteiger partial charge in [-0.1, -0.05) is 5.16 Å². The van der Waals surface area contributed by atoms with Gasteiger partial charge in [0.15, 0.2) is 5.82 Å². The number of piperidine rings is 1. The first-order valence-corrected chi connectivity index (χ1v) is 8.70. The average molecular weight is 306 g/mol. The molecule has 1 saturated heterocycles. The summed E-state index contributed by atoms with van der Waals surface area (Å²) >= 11 is 0. The molecular weight excluding hydrogens is 276 g/mol. The minimum absolute atomic E-state index is 0.271. The number of aromatic nitrogens is 2. The Kier molecular flexibility index (Phi) is 4.55. The van der Waals surface area contributed by atoms with E-state index in [1.54, 1.807) is 0 Å². The summed E-state index contributed by atoms with van der Waals surface area (Å²) in [6.07, 6.45) is 8.20. The number of rotatable bonds is 3. The van der Waals surface area contributed by atoms with Crippen molar-refractivity contribution in [3.63, 3.8) is 0 Å². The molecule has 2 fully saturated rings. The number of hydrogen-bond acceptors (Lipinski definition) is 5. The van der Waals surface area contributed by atoms with Crippen LogP contribution in [0.15, 0.2) is 4.52 Å². The number of nitrogens with zero attached hydrogens (tertiary/aromatic N) is 4. The normalized spacial score (nSPS) is 25.0. The van der Waals surface area contributed by atoms with Crippen LogP contribution in [0, 0.1) is 12.3 Å². The van der Waals surface area contributed by atoms with Gasteiger partial charge in [0, 0.05) is 13.0 Å². The van der Waals surface area contributed by atoms with Crippen LogP contribution in [0.5, 0.6) is 0 Å². The first kappa shape index (κ1) is 15.9. The third-order valence-corrected chi connectivity index (χ3v) is 6.07. The van der Waals surface area contributed by atoms with E-state index in [1.165, 1.54) is 51.6 Å². The highest BCUT2D eigenvalue weighted by atomic mass is 16.5. The summed E-state index contributed by atoms with van der Waals surface area (Å²) in [5.41, 5.74) is 0.607. The third-order valence-electron chi connectivity index (χ3n) is 6.07. The second-order valence-electron chi connectivity index (χ2n) is 7.58. The molecule has 1 aromatic rings.